The van der Waals surface area contributed by atoms with Gasteiger partial charge in [-0.25, -0.2) is 4.98 Å². The van der Waals surface area contributed by atoms with E-state index >= 15 is 0 Å². The molecule has 0 radical (unpaired) electrons. The van der Waals surface area contributed by atoms with E-state index in [-0.39, 0.29) is 11.9 Å². The number of hydrogen-bond donors (Lipinski definition) is 2. The van der Waals surface area contributed by atoms with Crippen LogP contribution in [0.3, 0.4) is 0 Å². The molecule has 0 aliphatic heterocycles. The van der Waals surface area contributed by atoms with Gasteiger partial charge in [-0.1, -0.05) is 6.08 Å². The van der Waals surface area contributed by atoms with Gasteiger partial charge in [0.15, 0.2) is 0 Å². The molecule has 0 spiro atoms. The van der Waals surface area contributed by atoms with Gasteiger partial charge in [0.1, 0.15) is 10.7 Å². The monoisotopic (exact) mass is 211 g/mol. The molecule has 0 aliphatic rings. The standard InChI is InChI=1S/C9H13N3OS/c1-3-4-11-8(13)7-5-14-9(12-7)6(2)10/h3,5-6H,1,4,10H2,2H3,(H,11,13). The first-order valence-electron chi connectivity index (χ1n) is 4.25. The summed E-state index contributed by atoms with van der Waals surface area (Å²) in [7, 11) is 0. The van der Waals surface area contributed by atoms with Crippen molar-refractivity contribution in [3.05, 3.63) is 28.7 Å². The number of nitrogens with zero attached hydrogens (tertiary/aromatic N) is 1. The Labute approximate surface area is 86.8 Å². The highest BCUT2D eigenvalue weighted by molar-refractivity contribution is 7.09. The second-order valence-electron chi connectivity index (χ2n) is 2.86. The summed E-state index contributed by atoms with van der Waals surface area (Å²) in [5, 5.41) is 5.12. The second-order valence-corrected chi connectivity index (χ2v) is 3.75. The number of nitrogens with one attached hydrogen (secondary N) is 1. The lowest BCUT2D eigenvalue weighted by atomic mass is 10.4. The summed E-state index contributed by atoms with van der Waals surface area (Å²) in [6.45, 7) is 5.79. The molecule has 0 fully saturated rings. The van der Waals surface area contributed by atoms with E-state index in [2.05, 4.69) is 16.9 Å². The molecule has 1 heterocycles. The van der Waals surface area contributed by atoms with Crippen LogP contribution in [0.1, 0.15) is 28.5 Å². The Hall–Kier alpha value is -1.20. The molecule has 0 saturated heterocycles. The van der Waals surface area contributed by atoms with Crippen LogP contribution < -0.4 is 11.1 Å². The molecule has 14 heavy (non-hydrogen) atoms. The molecule has 1 rings (SSSR count). The summed E-state index contributed by atoms with van der Waals surface area (Å²) < 4.78 is 0. The minimum Gasteiger partial charge on any atom is -0.347 e. The molecule has 5 heteroatoms. The van der Waals surface area contributed by atoms with Crippen LogP contribution >= 0.6 is 11.3 Å². The van der Waals surface area contributed by atoms with Crippen LogP contribution in [0.2, 0.25) is 0 Å². The lowest BCUT2D eigenvalue weighted by Gasteiger charge is -1.98. The number of rotatable bonds is 4. The van der Waals surface area contributed by atoms with Crippen LogP contribution in [0.5, 0.6) is 0 Å². The van der Waals surface area contributed by atoms with Gasteiger partial charge >= 0.3 is 0 Å². The number of hydrogen-bond acceptors (Lipinski definition) is 4. The zero-order chi connectivity index (χ0) is 10.6. The molecule has 1 aromatic heterocycles. The van der Waals surface area contributed by atoms with E-state index in [0.717, 1.165) is 5.01 Å². The minimum absolute atomic E-state index is 0.124. The Kier molecular flexibility index (Phi) is 3.79. The third kappa shape index (κ3) is 2.65. The number of amides is 1. The highest BCUT2D eigenvalue weighted by atomic mass is 32.1. The summed E-state index contributed by atoms with van der Waals surface area (Å²) in [5.74, 6) is -0.187. The molecule has 4 nitrogen and oxygen atoms in total. The van der Waals surface area contributed by atoms with Gasteiger partial charge in [-0.15, -0.1) is 17.9 Å². The maximum Gasteiger partial charge on any atom is 0.271 e. The second kappa shape index (κ2) is 4.88. The molecule has 1 atom stereocenters. The van der Waals surface area contributed by atoms with Crippen LogP contribution in [-0.2, 0) is 0 Å². The molecule has 1 amide bonds. The largest absolute Gasteiger partial charge is 0.347 e. The van der Waals surface area contributed by atoms with Gasteiger partial charge in [0.25, 0.3) is 5.91 Å². The zero-order valence-electron chi connectivity index (χ0n) is 7.99. The fourth-order valence-electron chi connectivity index (χ4n) is 0.856. The van der Waals surface area contributed by atoms with Gasteiger partial charge in [0.05, 0.1) is 6.04 Å². The maximum absolute atomic E-state index is 11.4. The highest BCUT2D eigenvalue weighted by Gasteiger charge is 2.11. The molecule has 1 unspecified atom stereocenters. The Morgan fingerprint density at radius 3 is 3.14 bits per heavy atom. The van der Waals surface area contributed by atoms with Crippen LogP contribution in [-0.4, -0.2) is 17.4 Å². The molecular weight excluding hydrogens is 198 g/mol. The summed E-state index contributed by atoms with van der Waals surface area (Å²) in [6.07, 6.45) is 1.62. The van der Waals surface area contributed by atoms with E-state index in [4.69, 9.17) is 5.73 Å². The van der Waals surface area contributed by atoms with Gasteiger partial charge in [0.2, 0.25) is 0 Å². The Morgan fingerprint density at radius 1 is 1.93 bits per heavy atom. The average Bonchev–Trinajstić information content (AvgIpc) is 2.62. The lowest BCUT2D eigenvalue weighted by molar-refractivity contribution is 0.0953. The Morgan fingerprint density at radius 2 is 2.64 bits per heavy atom. The van der Waals surface area contributed by atoms with Crippen molar-refractivity contribution in [1.82, 2.24) is 10.3 Å². The molecule has 76 valence electrons. The minimum atomic E-state index is -0.187. The summed E-state index contributed by atoms with van der Waals surface area (Å²) in [5.41, 5.74) is 6.05. The van der Waals surface area contributed by atoms with Crippen LogP contribution in [0.4, 0.5) is 0 Å². The van der Waals surface area contributed by atoms with Crippen molar-refractivity contribution in [1.29, 1.82) is 0 Å². The van der Waals surface area contributed by atoms with Crippen molar-refractivity contribution in [2.45, 2.75) is 13.0 Å². The smallest absolute Gasteiger partial charge is 0.271 e. The van der Waals surface area contributed by atoms with E-state index < -0.39 is 0 Å². The van der Waals surface area contributed by atoms with E-state index in [1.165, 1.54) is 11.3 Å². The summed E-state index contributed by atoms with van der Waals surface area (Å²) in [6, 6.07) is -0.124. The molecule has 1 aromatic rings. The van der Waals surface area contributed by atoms with Gasteiger partial charge < -0.3 is 11.1 Å². The number of thiazole rings is 1. The highest BCUT2D eigenvalue weighted by Crippen LogP contribution is 2.15. The first kappa shape index (κ1) is 10.9. The first-order valence-corrected chi connectivity index (χ1v) is 5.13. The first-order chi connectivity index (χ1) is 6.65. The number of carbonyl (C=O) groups excluding carboxylic acids is 1. The van der Waals surface area contributed by atoms with E-state index in [1.54, 1.807) is 11.5 Å². The summed E-state index contributed by atoms with van der Waals surface area (Å²) in [4.78, 5) is 15.5. The van der Waals surface area contributed by atoms with Crippen LogP contribution in [0, 0.1) is 0 Å². The third-order valence-corrected chi connectivity index (χ3v) is 2.60. The fourth-order valence-corrected chi connectivity index (χ4v) is 1.61. The number of nitrogens with two attached hydrogens (primary N) is 1. The molecule has 3 N–H and O–H groups in total. The van der Waals surface area contributed by atoms with Crippen molar-refractivity contribution >= 4 is 17.2 Å². The molecular formula is C9H13N3OS. The van der Waals surface area contributed by atoms with Gasteiger partial charge in [-0.05, 0) is 6.92 Å². The molecule has 0 aromatic carbocycles. The summed E-state index contributed by atoms with van der Waals surface area (Å²) >= 11 is 1.40. The Balaban J connectivity index is 2.66. The molecule has 0 saturated carbocycles. The van der Waals surface area contributed by atoms with Crippen molar-refractivity contribution < 1.29 is 4.79 Å². The number of carbonyl (C=O) groups is 1. The predicted octanol–water partition coefficient (Wildman–Crippen LogP) is 1.08. The zero-order valence-corrected chi connectivity index (χ0v) is 8.80. The van der Waals surface area contributed by atoms with Gasteiger partial charge in [0, 0.05) is 11.9 Å². The number of aromatic nitrogens is 1. The van der Waals surface area contributed by atoms with Crippen LogP contribution in [0.15, 0.2) is 18.0 Å². The van der Waals surface area contributed by atoms with Crippen LogP contribution in [0.25, 0.3) is 0 Å². The van der Waals surface area contributed by atoms with Gasteiger partial charge in [-0.3, -0.25) is 4.79 Å². The van der Waals surface area contributed by atoms with E-state index in [1.807, 2.05) is 6.92 Å². The maximum atomic E-state index is 11.4. The van der Waals surface area contributed by atoms with Crippen molar-refractivity contribution in [2.75, 3.05) is 6.54 Å². The molecule has 0 aliphatic carbocycles. The van der Waals surface area contributed by atoms with E-state index in [0.29, 0.717) is 12.2 Å². The normalized spacial score (nSPS) is 12.1. The van der Waals surface area contributed by atoms with E-state index in [9.17, 15) is 4.79 Å². The van der Waals surface area contributed by atoms with Gasteiger partial charge in [-0.2, -0.15) is 0 Å². The SMILES string of the molecule is C=CCNC(=O)c1csc(C(C)N)n1. The fraction of sp³-hybridized carbons (Fsp3) is 0.333. The topological polar surface area (TPSA) is 68.0 Å². The predicted molar refractivity (Wildman–Crippen MR) is 57.2 cm³/mol. The van der Waals surface area contributed by atoms with Crippen molar-refractivity contribution in [3.63, 3.8) is 0 Å². The van der Waals surface area contributed by atoms with Crippen molar-refractivity contribution in [2.24, 2.45) is 5.73 Å². The lowest BCUT2D eigenvalue weighted by Crippen LogP contribution is -2.23. The molecule has 0 bridgehead atoms. The van der Waals surface area contributed by atoms with Crippen molar-refractivity contribution in [3.8, 4) is 0 Å². The Bertz CT molecular complexity index is 333. The quantitative estimate of drug-likeness (QED) is 0.732. The third-order valence-electron chi connectivity index (χ3n) is 1.55. The average molecular weight is 211 g/mol.